The highest BCUT2D eigenvalue weighted by molar-refractivity contribution is 6.61. The molecule has 0 unspecified atom stereocenters. The largest absolute Gasteiger partial charge is 0.491 e. The third kappa shape index (κ3) is 5.53. The topological polar surface area (TPSA) is 75.8 Å². The summed E-state index contributed by atoms with van der Waals surface area (Å²) >= 11 is 0. The Labute approximate surface area is 196 Å². The Kier molecular flexibility index (Phi) is 7.60. The third-order valence-electron chi connectivity index (χ3n) is 6.46. The van der Waals surface area contributed by atoms with Crippen molar-refractivity contribution in [2.45, 2.75) is 38.8 Å². The Morgan fingerprint density at radius 2 is 2.03 bits per heavy atom. The van der Waals surface area contributed by atoms with Crippen LogP contribution in [0.15, 0.2) is 72.8 Å². The van der Waals surface area contributed by atoms with Gasteiger partial charge < -0.3 is 20.3 Å². The maximum Gasteiger partial charge on any atom is 0.491 e. The fraction of sp³-hybridized carbons (Fsp3) is 0.296. The van der Waals surface area contributed by atoms with Crippen LogP contribution in [0.3, 0.4) is 0 Å². The van der Waals surface area contributed by atoms with E-state index in [1.54, 1.807) is 6.08 Å². The van der Waals surface area contributed by atoms with Crippen molar-refractivity contribution < 1.29 is 14.5 Å². The lowest BCUT2D eigenvalue weighted by Gasteiger charge is -2.31. The van der Waals surface area contributed by atoms with Crippen LogP contribution in [0.1, 0.15) is 47.9 Å². The van der Waals surface area contributed by atoms with Crippen LogP contribution in [-0.4, -0.2) is 36.0 Å². The van der Waals surface area contributed by atoms with Gasteiger partial charge in [0.1, 0.15) is 0 Å². The molecule has 6 heteroatoms. The highest BCUT2D eigenvalue weighted by Crippen LogP contribution is 2.28. The normalized spacial score (nSPS) is 17.4. The molecule has 0 atom stereocenters. The molecule has 0 bridgehead atoms. The van der Waals surface area contributed by atoms with Crippen molar-refractivity contribution in [1.29, 1.82) is 0 Å². The van der Waals surface area contributed by atoms with E-state index in [1.807, 2.05) is 54.3 Å². The summed E-state index contributed by atoms with van der Waals surface area (Å²) in [5.41, 5.74) is 12.1. The van der Waals surface area contributed by atoms with Gasteiger partial charge in [0.15, 0.2) is 0 Å². The van der Waals surface area contributed by atoms with E-state index in [2.05, 4.69) is 24.3 Å². The van der Waals surface area contributed by atoms with Crippen molar-refractivity contribution >= 4 is 24.1 Å². The van der Waals surface area contributed by atoms with Gasteiger partial charge in [-0.2, -0.15) is 0 Å². The highest BCUT2D eigenvalue weighted by atomic mass is 16.5. The van der Waals surface area contributed by atoms with Crippen molar-refractivity contribution in [2.75, 3.05) is 13.1 Å². The number of amides is 1. The first-order valence-electron chi connectivity index (χ1n) is 11.6. The predicted octanol–water partition coefficient (Wildman–Crippen LogP) is 3.28. The number of carbonyl (C=O) groups excluding carboxylic acids is 1. The van der Waals surface area contributed by atoms with Gasteiger partial charge in [-0.1, -0.05) is 60.7 Å². The van der Waals surface area contributed by atoms with Crippen molar-refractivity contribution in [1.82, 2.24) is 4.90 Å². The van der Waals surface area contributed by atoms with Gasteiger partial charge in [0.2, 0.25) is 5.91 Å². The van der Waals surface area contributed by atoms with Gasteiger partial charge in [-0.25, -0.2) is 0 Å². The number of carbonyl (C=O) groups is 1. The Hall–Kier alpha value is -2.93. The first-order chi connectivity index (χ1) is 16.1. The number of benzene rings is 2. The van der Waals surface area contributed by atoms with Gasteiger partial charge in [-0.05, 0) is 65.0 Å². The van der Waals surface area contributed by atoms with Gasteiger partial charge in [0.05, 0.1) is 6.61 Å². The second-order valence-electron chi connectivity index (χ2n) is 8.61. The van der Waals surface area contributed by atoms with Crippen LogP contribution in [0.25, 0.3) is 5.57 Å². The first kappa shape index (κ1) is 23.2. The van der Waals surface area contributed by atoms with Crippen molar-refractivity contribution in [3.05, 3.63) is 95.1 Å². The Balaban J connectivity index is 1.38. The maximum atomic E-state index is 12.7. The fourth-order valence-corrected chi connectivity index (χ4v) is 4.58. The maximum absolute atomic E-state index is 12.7. The van der Waals surface area contributed by atoms with Crippen LogP contribution in [0.2, 0.25) is 0 Å². The lowest BCUT2D eigenvalue weighted by atomic mass is 9.79. The molecule has 0 radical (unpaired) electrons. The minimum atomic E-state index is -0.838. The number of piperidine rings is 1. The molecule has 2 aromatic carbocycles. The van der Waals surface area contributed by atoms with Crippen LogP contribution in [0.5, 0.6) is 0 Å². The smallest absolute Gasteiger partial charge is 0.423 e. The molecular weight excluding hydrogens is 411 g/mol. The molecular formula is C27H31BN2O3. The zero-order valence-electron chi connectivity index (χ0n) is 19.1. The molecule has 4 rings (SSSR count). The minimum absolute atomic E-state index is 0.0470. The molecule has 0 aliphatic carbocycles. The van der Waals surface area contributed by atoms with Crippen LogP contribution >= 0.6 is 0 Å². The average Bonchev–Trinajstić information content (AvgIpc) is 3.23. The first-order valence-corrected chi connectivity index (χ1v) is 11.6. The number of hydrogen-bond acceptors (Lipinski definition) is 4. The summed E-state index contributed by atoms with van der Waals surface area (Å²) in [6.07, 6.45) is 11.4. The van der Waals surface area contributed by atoms with Crippen molar-refractivity contribution in [3.8, 4) is 0 Å². The molecule has 1 saturated heterocycles. The molecule has 2 aliphatic rings. The summed E-state index contributed by atoms with van der Waals surface area (Å²) in [5.74, 6) is 0.527. The fourth-order valence-electron chi connectivity index (χ4n) is 4.58. The molecule has 1 amide bonds. The number of allylic oxidation sites excluding steroid dienone is 5. The summed E-state index contributed by atoms with van der Waals surface area (Å²) < 4.78 is 5.29. The molecule has 5 nitrogen and oxygen atoms in total. The van der Waals surface area contributed by atoms with Gasteiger partial charge >= 0.3 is 7.12 Å². The molecule has 0 spiro atoms. The lowest BCUT2D eigenvalue weighted by molar-refractivity contribution is -0.127. The van der Waals surface area contributed by atoms with E-state index >= 15 is 0 Å². The number of likely N-dealkylation sites (tertiary alicyclic amines) is 1. The zero-order chi connectivity index (χ0) is 23.2. The molecule has 2 aromatic rings. The second kappa shape index (κ2) is 10.8. The van der Waals surface area contributed by atoms with Crippen LogP contribution < -0.4 is 11.2 Å². The molecule has 170 valence electrons. The zero-order valence-corrected chi connectivity index (χ0v) is 19.1. The van der Waals surface area contributed by atoms with Crippen LogP contribution in [0, 0.1) is 0 Å². The molecule has 2 aliphatic heterocycles. The van der Waals surface area contributed by atoms with E-state index in [9.17, 15) is 9.82 Å². The number of nitrogens with two attached hydrogens (primary N) is 1. The van der Waals surface area contributed by atoms with E-state index in [0.29, 0.717) is 19.1 Å². The number of hydrogen-bond donors (Lipinski definition) is 2. The Bertz CT molecular complexity index is 1080. The van der Waals surface area contributed by atoms with Gasteiger partial charge in [-0.3, -0.25) is 4.79 Å². The molecule has 3 N–H and O–H groups in total. The Morgan fingerprint density at radius 3 is 2.79 bits per heavy atom. The van der Waals surface area contributed by atoms with Crippen molar-refractivity contribution in [3.63, 3.8) is 0 Å². The average molecular weight is 442 g/mol. The second-order valence-corrected chi connectivity index (χ2v) is 8.61. The van der Waals surface area contributed by atoms with Crippen LogP contribution in [-0.2, 0) is 22.6 Å². The van der Waals surface area contributed by atoms with E-state index < -0.39 is 7.12 Å². The van der Waals surface area contributed by atoms with Crippen LogP contribution in [0.4, 0.5) is 0 Å². The third-order valence-corrected chi connectivity index (χ3v) is 6.46. The van der Waals surface area contributed by atoms with Gasteiger partial charge in [0.25, 0.3) is 0 Å². The molecule has 1 fully saturated rings. The summed E-state index contributed by atoms with van der Waals surface area (Å²) in [6.45, 7) is 4.46. The SMILES string of the molecule is C\C=C/C(=C\C=C\C(=O)N1CCC(c2cccc(CN)c2)CC1)c1ccc2c(c1)COB2O. The number of fused-ring (bicyclic) bond motifs is 1. The van der Waals surface area contributed by atoms with Gasteiger partial charge in [-0.15, -0.1) is 0 Å². The molecule has 2 heterocycles. The number of nitrogens with zero attached hydrogens (tertiary/aromatic N) is 1. The predicted molar refractivity (Wildman–Crippen MR) is 134 cm³/mol. The Morgan fingerprint density at radius 1 is 1.21 bits per heavy atom. The van der Waals surface area contributed by atoms with Crippen molar-refractivity contribution in [2.24, 2.45) is 5.73 Å². The minimum Gasteiger partial charge on any atom is -0.423 e. The lowest BCUT2D eigenvalue weighted by Crippen LogP contribution is -2.36. The number of rotatable bonds is 6. The quantitative estimate of drug-likeness (QED) is 0.409. The molecule has 0 saturated carbocycles. The molecule has 0 aromatic heterocycles. The highest BCUT2D eigenvalue weighted by Gasteiger charge is 2.27. The summed E-state index contributed by atoms with van der Waals surface area (Å²) in [4.78, 5) is 14.7. The van der Waals surface area contributed by atoms with E-state index in [4.69, 9.17) is 10.4 Å². The monoisotopic (exact) mass is 442 g/mol. The summed E-state index contributed by atoms with van der Waals surface area (Å²) in [6, 6.07) is 14.4. The van der Waals surface area contributed by atoms with E-state index in [1.165, 1.54) is 5.56 Å². The van der Waals surface area contributed by atoms with E-state index in [-0.39, 0.29) is 5.91 Å². The standard InChI is InChI=1S/C27H31BN2O3/c1-2-5-21(24-10-11-26-25(17-24)19-33-28(26)32)7-4-9-27(31)30-14-12-22(13-15-30)23-8-3-6-20(16-23)18-29/h2-11,16-17,22,32H,12-15,18-19,29H2,1H3/b5-2-,9-4+,21-7+. The van der Waals surface area contributed by atoms with E-state index in [0.717, 1.165) is 53.7 Å². The summed E-state index contributed by atoms with van der Waals surface area (Å²) in [7, 11) is -0.838. The molecule has 33 heavy (non-hydrogen) atoms. The summed E-state index contributed by atoms with van der Waals surface area (Å²) in [5, 5.41) is 9.84. The van der Waals surface area contributed by atoms with Gasteiger partial charge in [0, 0.05) is 25.7 Å².